The predicted octanol–water partition coefficient (Wildman–Crippen LogP) is -1.70. The average molecular weight is 380 g/mol. The van der Waals surface area contributed by atoms with Crippen molar-refractivity contribution in [2.45, 2.75) is 0 Å². The van der Waals surface area contributed by atoms with E-state index in [-0.39, 0.29) is 11.8 Å². The third-order valence-electron chi connectivity index (χ3n) is 4.92. The molecule has 2 aromatic rings. The van der Waals surface area contributed by atoms with E-state index in [2.05, 4.69) is 20.3 Å². The van der Waals surface area contributed by atoms with Gasteiger partial charge in [-0.1, -0.05) is 5.21 Å². The largest absolute Gasteiger partial charge is 0.353 e. The average Bonchev–Trinajstić information content (AvgIpc) is 2.95. The first-order chi connectivity index (χ1) is 12.3. The first-order valence-electron chi connectivity index (χ1n) is 8.34. The van der Waals surface area contributed by atoms with E-state index < -0.39 is 10.0 Å². The number of rotatable bonds is 3. The summed E-state index contributed by atoms with van der Waals surface area (Å²) >= 11 is 0. The molecule has 0 unspecified atom stereocenters. The summed E-state index contributed by atoms with van der Waals surface area (Å²) < 4.78 is 26.1. The van der Waals surface area contributed by atoms with Crippen LogP contribution in [0, 0.1) is 5.92 Å². The molecule has 0 atom stereocenters. The second-order valence-corrected chi connectivity index (χ2v) is 8.65. The molecule has 2 aliphatic rings. The Kier molecular flexibility index (Phi) is 4.03. The Morgan fingerprint density at radius 3 is 2.50 bits per heavy atom. The Morgan fingerprint density at radius 1 is 1.15 bits per heavy atom. The third kappa shape index (κ3) is 2.88. The molecule has 2 fully saturated rings. The number of fused-ring (bicyclic) bond motifs is 1. The van der Waals surface area contributed by atoms with Crippen molar-refractivity contribution < 1.29 is 13.2 Å². The van der Waals surface area contributed by atoms with Gasteiger partial charge in [-0.3, -0.25) is 4.79 Å². The SMILES string of the molecule is Cn1nnc2c(N3CC(C(=O)N4CCN(S(C)(=O)=O)CC4)C3)ncnc21. The van der Waals surface area contributed by atoms with Crippen LogP contribution in [0.4, 0.5) is 5.82 Å². The Hall–Kier alpha value is -2.34. The maximum Gasteiger partial charge on any atom is 0.229 e. The van der Waals surface area contributed by atoms with Crippen molar-refractivity contribution in [1.82, 2.24) is 34.2 Å². The number of sulfonamides is 1. The standard InChI is InChI=1S/C14H20N8O3S/c1-19-12-11(17-18-19)13(16-9-15-12)21-7-10(8-21)14(23)20-3-5-22(6-4-20)26(2,24)25/h9-10H,3-8H2,1-2H3. The van der Waals surface area contributed by atoms with E-state index in [1.54, 1.807) is 16.6 Å². The Bertz CT molecular complexity index is 944. The molecule has 26 heavy (non-hydrogen) atoms. The molecule has 4 rings (SSSR count). The third-order valence-corrected chi connectivity index (χ3v) is 6.22. The normalized spacial score (nSPS) is 19.8. The number of hydrogen-bond donors (Lipinski definition) is 0. The minimum Gasteiger partial charge on any atom is -0.353 e. The highest BCUT2D eigenvalue weighted by molar-refractivity contribution is 7.88. The van der Waals surface area contributed by atoms with E-state index in [4.69, 9.17) is 0 Å². The summed E-state index contributed by atoms with van der Waals surface area (Å²) in [7, 11) is -1.42. The molecule has 11 nitrogen and oxygen atoms in total. The number of nitrogens with zero attached hydrogens (tertiary/aromatic N) is 8. The Morgan fingerprint density at radius 2 is 1.85 bits per heavy atom. The number of aromatic nitrogens is 5. The van der Waals surface area contributed by atoms with E-state index in [9.17, 15) is 13.2 Å². The molecule has 0 aromatic carbocycles. The first kappa shape index (κ1) is 17.1. The van der Waals surface area contributed by atoms with Gasteiger partial charge in [0.25, 0.3) is 0 Å². The summed E-state index contributed by atoms with van der Waals surface area (Å²) in [5, 5.41) is 8.06. The number of amides is 1. The minimum atomic E-state index is -3.19. The van der Waals surface area contributed by atoms with E-state index in [0.717, 1.165) is 0 Å². The summed E-state index contributed by atoms with van der Waals surface area (Å²) in [6.45, 7) is 2.70. The van der Waals surface area contributed by atoms with Crippen LogP contribution in [0.15, 0.2) is 6.33 Å². The second kappa shape index (κ2) is 6.13. The van der Waals surface area contributed by atoms with Crippen LogP contribution >= 0.6 is 0 Å². The van der Waals surface area contributed by atoms with Crippen molar-refractivity contribution in [3.05, 3.63) is 6.33 Å². The van der Waals surface area contributed by atoms with Gasteiger partial charge in [0, 0.05) is 46.3 Å². The number of piperazine rings is 1. The van der Waals surface area contributed by atoms with Crippen molar-refractivity contribution in [3.63, 3.8) is 0 Å². The molecule has 12 heteroatoms. The molecule has 0 spiro atoms. The summed E-state index contributed by atoms with van der Waals surface area (Å²) in [5.74, 6) is 0.648. The fourth-order valence-corrected chi connectivity index (χ4v) is 4.20. The van der Waals surface area contributed by atoms with Crippen molar-refractivity contribution in [3.8, 4) is 0 Å². The molecule has 2 saturated heterocycles. The van der Waals surface area contributed by atoms with Gasteiger partial charge in [-0.05, 0) is 0 Å². The summed E-state index contributed by atoms with van der Waals surface area (Å²) in [5.41, 5.74) is 1.28. The Labute approximate surface area is 150 Å². The van der Waals surface area contributed by atoms with Crippen LogP contribution in [0.2, 0.25) is 0 Å². The topological polar surface area (TPSA) is 117 Å². The summed E-state index contributed by atoms with van der Waals surface area (Å²) in [6.07, 6.45) is 2.67. The molecule has 0 bridgehead atoms. The molecule has 140 valence electrons. The fraction of sp³-hybridized carbons (Fsp3) is 0.643. The molecule has 2 aliphatic heterocycles. The zero-order valence-corrected chi connectivity index (χ0v) is 15.4. The quantitative estimate of drug-likeness (QED) is 0.618. The summed E-state index contributed by atoms with van der Waals surface area (Å²) in [6, 6.07) is 0. The van der Waals surface area contributed by atoms with Gasteiger partial charge in [0.15, 0.2) is 17.0 Å². The number of carbonyl (C=O) groups excluding carboxylic acids is 1. The minimum absolute atomic E-state index is 0.0684. The van der Waals surface area contributed by atoms with Crippen molar-refractivity contribution in [2.24, 2.45) is 13.0 Å². The van der Waals surface area contributed by atoms with Crippen LogP contribution in [-0.2, 0) is 21.9 Å². The van der Waals surface area contributed by atoms with Gasteiger partial charge in [0.1, 0.15) is 6.33 Å². The van der Waals surface area contributed by atoms with Crippen LogP contribution in [0.3, 0.4) is 0 Å². The zero-order valence-electron chi connectivity index (χ0n) is 14.6. The lowest BCUT2D eigenvalue weighted by Gasteiger charge is -2.42. The zero-order chi connectivity index (χ0) is 18.5. The van der Waals surface area contributed by atoms with E-state index in [1.807, 2.05) is 4.90 Å². The highest BCUT2D eigenvalue weighted by Gasteiger charge is 2.38. The van der Waals surface area contributed by atoms with E-state index in [0.29, 0.717) is 56.3 Å². The fourth-order valence-electron chi connectivity index (χ4n) is 3.38. The molecular formula is C14H20N8O3S. The maximum atomic E-state index is 12.6. The highest BCUT2D eigenvalue weighted by atomic mass is 32.2. The first-order valence-corrected chi connectivity index (χ1v) is 10.2. The number of aryl methyl sites for hydroxylation is 1. The van der Waals surface area contributed by atoms with Crippen LogP contribution in [-0.4, -0.2) is 94.0 Å². The molecule has 1 amide bonds. The molecule has 0 radical (unpaired) electrons. The van der Waals surface area contributed by atoms with Gasteiger partial charge in [0.05, 0.1) is 12.2 Å². The number of hydrogen-bond acceptors (Lipinski definition) is 8. The Balaban J connectivity index is 1.38. The molecule has 2 aromatic heterocycles. The van der Waals surface area contributed by atoms with E-state index >= 15 is 0 Å². The lowest BCUT2D eigenvalue weighted by molar-refractivity contribution is -0.137. The van der Waals surface area contributed by atoms with Crippen LogP contribution in [0.25, 0.3) is 11.2 Å². The highest BCUT2D eigenvalue weighted by Crippen LogP contribution is 2.28. The molecule has 0 N–H and O–H groups in total. The maximum absolute atomic E-state index is 12.6. The van der Waals surface area contributed by atoms with Crippen LogP contribution in [0.1, 0.15) is 0 Å². The number of anilines is 1. The molecule has 4 heterocycles. The van der Waals surface area contributed by atoms with Crippen molar-refractivity contribution >= 4 is 32.9 Å². The van der Waals surface area contributed by atoms with Gasteiger partial charge in [-0.2, -0.15) is 4.31 Å². The smallest absolute Gasteiger partial charge is 0.229 e. The van der Waals surface area contributed by atoms with Crippen molar-refractivity contribution in [1.29, 1.82) is 0 Å². The molecular weight excluding hydrogens is 360 g/mol. The van der Waals surface area contributed by atoms with E-state index in [1.165, 1.54) is 16.9 Å². The van der Waals surface area contributed by atoms with Gasteiger partial charge >= 0.3 is 0 Å². The van der Waals surface area contributed by atoms with Gasteiger partial charge in [-0.15, -0.1) is 5.10 Å². The van der Waals surface area contributed by atoms with Gasteiger partial charge in [-0.25, -0.2) is 23.1 Å². The molecule has 0 aliphatic carbocycles. The lowest BCUT2D eigenvalue weighted by Crippen LogP contribution is -2.58. The monoisotopic (exact) mass is 380 g/mol. The lowest BCUT2D eigenvalue weighted by atomic mass is 9.98. The van der Waals surface area contributed by atoms with Gasteiger partial charge < -0.3 is 9.80 Å². The van der Waals surface area contributed by atoms with Crippen LogP contribution < -0.4 is 4.90 Å². The summed E-state index contributed by atoms with van der Waals surface area (Å²) in [4.78, 5) is 24.8. The molecule has 0 saturated carbocycles. The second-order valence-electron chi connectivity index (χ2n) is 6.67. The van der Waals surface area contributed by atoms with Crippen molar-refractivity contribution in [2.75, 3.05) is 50.4 Å². The predicted molar refractivity (Wildman–Crippen MR) is 92.8 cm³/mol. The van der Waals surface area contributed by atoms with Crippen LogP contribution in [0.5, 0.6) is 0 Å². The van der Waals surface area contributed by atoms with Gasteiger partial charge in [0.2, 0.25) is 15.9 Å². The number of carbonyl (C=O) groups is 1.